The fraction of sp³-hybridized carbons (Fsp3) is 0.455. The Balaban J connectivity index is 2.54. The van der Waals surface area contributed by atoms with E-state index in [1.807, 2.05) is 24.3 Å². The van der Waals surface area contributed by atoms with Gasteiger partial charge in [0.05, 0.1) is 13.7 Å². The van der Waals surface area contributed by atoms with Crippen molar-refractivity contribution in [1.29, 1.82) is 0 Å². The summed E-state index contributed by atoms with van der Waals surface area (Å²) < 4.78 is 20.5. The molecule has 0 N–H and O–H groups in total. The first-order valence-electron chi connectivity index (χ1n) is 4.75. The average molecular weight is 239 g/mol. The molecule has 1 rings (SSSR count). The summed E-state index contributed by atoms with van der Waals surface area (Å²) >= 11 is 0. The zero-order valence-electron chi connectivity index (χ0n) is 9.65. The average Bonchev–Trinajstić information content (AvgIpc) is 2.36. The topological polar surface area (TPSA) is 36.9 Å². The van der Waals surface area contributed by atoms with Gasteiger partial charge in [-0.2, -0.15) is 0 Å². The Labute approximate surface area is 98.9 Å². The molecule has 0 heterocycles. The van der Waals surface area contributed by atoms with Crippen molar-refractivity contribution < 1.29 is 18.9 Å². The molecule has 0 aliphatic carbocycles. The van der Waals surface area contributed by atoms with E-state index in [1.165, 1.54) is 14.2 Å². The second-order valence-corrected chi connectivity index (χ2v) is 3.71. The third-order valence-electron chi connectivity index (χ3n) is 2.13. The lowest BCUT2D eigenvalue weighted by molar-refractivity contribution is -0.309. The molecule has 1 aromatic rings. The highest BCUT2D eigenvalue weighted by Gasteiger charge is 2.23. The summed E-state index contributed by atoms with van der Waals surface area (Å²) in [6.45, 7) is 0.370. The Morgan fingerprint density at radius 1 is 1.06 bits per heavy atom. The zero-order chi connectivity index (χ0) is 12.0. The van der Waals surface area contributed by atoms with Crippen LogP contribution in [-0.4, -0.2) is 37.2 Å². The van der Waals surface area contributed by atoms with Crippen LogP contribution in [0.5, 0.6) is 5.75 Å². The maximum absolute atomic E-state index is 5.42. The van der Waals surface area contributed by atoms with Gasteiger partial charge in [-0.15, -0.1) is 0 Å². The molecule has 1 aromatic carbocycles. The Hall–Kier alpha value is -0.883. The van der Waals surface area contributed by atoms with Crippen LogP contribution in [0.25, 0.3) is 0 Å². The van der Waals surface area contributed by atoms with Crippen LogP contribution in [0, 0.1) is 0 Å². The Morgan fingerprint density at radius 3 is 2.06 bits per heavy atom. The zero-order valence-corrected chi connectivity index (χ0v) is 10.6. The number of hydrogen-bond donors (Lipinski definition) is 0. The summed E-state index contributed by atoms with van der Waals surface area (Å²) in [5.41, 5.74) is -0.197. The maximum Gasteiger partial charge on any atom is 0.248 e. The van der Waals surface area contributed by atoms with Gasteiger partial charge in [-0.25, -0.2) is 0 Å². The van der Waals surface area contributed by atoms with E-state index in [4.69, 9.17) is 18.9 Å². The minimum atomic E-state index is -1.19. The quantitative estimate of drug-likeness (QED) is 0.553. The largest absolute Gasteiger partial charge is 0.497 e. The molecule has 0 aliphatic heterocycles. The van der Waals surface area contributed by atoms with Gasteiger partial charge in [0, 0.05) is 14.2 Å². The van der Waals surface area contributed by atoms with Gasteiger partial charge in [0.2, 0.25) is 5.60 Å². The molecule has 0 amide bonds. The molecule has 0 fully saturated rings. The van der Waals surface area contributed by atoms with Crippen molar-refractivity contribution in [2.45, 2.75) is 12.2 Å². The Kier molecular flexibility index (Phi) is 4.95. The highest BCUT2D eigenvalue weighted by Crippen LogP contribution is 2.15. The van der Waals surface area contributed by atoms with Crippen molar-refractivity contribution >= 4 is 10.2 Å². The smallest absolute Gasteiger partial charge is 0.248 e. The third-order valence-corrected chi connectivity index (χ3v) is 2.68. The van der Waals surface area contributed by atoms with E-state index in [0.29, 0.717) is 6.61 Å². The normalized spacial score (nSPS) is 11.5. The van der Waals surface area contributed by atoms with Gasteiger partial charge in [0.1, 0.15) is 5.75 Å². The minimum Gasteiger partial charge on any atom is -0.497 e. The predicted molar refractivity (Wildman–Crippen MR) is 60.3 cm³/mol. The molecule has 0 aliphatic rings. The summed E-state index contributed by atoms with van der Waals surface area (Å²) in [6, 6.07) is 7.56. The van der Waals surface area contributed by atoms with Crippen molar-refractivity contribution in [3.8, 4) is 5.75 Å². The first kappa shape index (κ1) is 13.2. The Morgan fingerprint density at radius 2 is 1.62 bits per heavy atom. The van der Waals surface area contributed by atoms with Crippen LogP contribution in [0.1, 0.15) is 5.56 Å². The lowest BCUT2D eigenvalue weighted by Gasteiger charge is -2.26. The van der Waals surface area contributed by atoms with Crippen LogP contribution in [0.4, 0.5) is 0 Å². The van der Waals surface area contributed by atoms with Crippen LogP contribution in [0.15, 0.2) is 24.3 Å². The van der Waals surface area contributed by atoms with Crippen molar-refractivity contribution in [2.75, 3.05) is 21.3 Å². The molecule has 16 heavy (non-hydrogen) atoms. The van der Waals surface area contributed by atoms with E-state index in [2.05, 4.69) is 10.2 Å². The first-order valence-corrected chi connectivity index (χ1v) is 5.25. The molecule has 0 atom stereocenters. The van der Waals surface area contributed by atoms with Gasteiger partial charge in [-0.1, -0.05) is 12.1 Å². The molecule has 4 nitrogen and oxygen atoms in total. The van der Waals surface area contributed by atoms with Crippen LogP contribution >= 0.6 is 0 Å². The molecule has 0 spiro atoms. The van der Waals surface area contributed by atoms with Crippen LogP contribution in [0.2, 0.25) is 0 Å². The SMILES string of the molecule is COc1ccc(COC([Si])(OC)OC)cc1. The van der Waals surface area contributed by atoms with E-state index in [-0.39, 0.29) is 0 Å². The molecule has 5 heteroatoms. The molecule has 0 aromatic heterocycles. The van der Waals surface area contributed by atoms with Gasteiger partial charge in [-0.05, 0) is 17.7 Å². The van der Waals surface area contributed by atoms with Crippen molar-refractivity contribution in [1.82, 2.24) is 0 Å². The second kappa shape index (κ2) is 6.00. The van der Waals surface area contributed by atoms with Crippen LogP contribution < -0.4 is 4.74 Å². The fourth-order valence-electron chi connectivity index (χ4n) is 1.10. The second-order valence-electron chi connectivity index (χ2n) is 3.10. The standard InChI is InChI=1S/C11H15O4Si/c1-12-10-6-4-9(5-7-10)8-15-11(16,13-2)14-3/h4-7H,8H2,1-3H3. The molecule has 3 radical (unpaired) electrons. The number of methoxy groups -OCH3 is 3. The van der Waals surface area contributed by atoms with Crippen LogP contribution in [-0.2, 0) is 20.8 Å². The van der Waals surface area contributed by atoms with Gasteiger partial charge in [0.15, 0.2) is 10.2 Å². The monoisotopic (exact) mass is 239 g/mol. The first-order chi connectivity index (χ1) is 7.63. The van der Waals surface area contributed by atoms with Gasteiger partial charge in [0.25, 0.3) is 0 Å². The molecular weight excluding hydrogens is 224 g/mol. The predicted octanol–water partition coefficient (Wildman–Crippen LogP) is 1.28. The van der Waals surface area contributed by atoms with E-state index in [1.54, 1.807) is 7.11 Å². The number of rotatable bonds is 6. The number of ether oxygens (including phenoxy) is 4. The van der Waals surface area contributed by atoms with Gasteiger partial charge >= 0.3 is 0 Å². The van der Waals surface area contributed by atoms with Crippen LogP contribution in [0.3, 0.4) is 0 Å². The summed E-state index contributed by atoms with van der Waals surface area (Å²) in [7, 11) is 7.84. The van der Waals surface area contributed by atoms with E-state index in [0.717, 1.165) is 11.3 Å². The summed E-state index contributed by atoms with van der Waals surface area (Å²) in [6.07, 6.45) is 0. The molecule has 0 bridgehead atoms. The van der Waals surface area contributed by atoms with Crippen molar-refractivity contribution in [3.63, 3.8) is 0 Å². The third kappa shape index (κ3) is 3.60. The minimum absolute atomic E-state index is 0.370. The summed E-state index contributed by atoms with van der Waals surface area (Å²) in [5, 5.41) is 0. The van der Waals surface area contributed by atoms with E-state index < -0.39 is 5.60 Å². The fourth-order valence-corrected chi connectivity index (χ4v) is 1.17. The van der Waals surface area contributed by atoms with Gasteiger partial charge < -0.3 is 18.9 Å². The molecule has 0 saturated heterocycles. The molecule has 0 unspecified atom stereocenters. The lowest BCUT2D eigenvalue weighted by atomic mass is 10.2. The maximum atomic E-state index is 5.42. The highest BCUT2D eigenvalue weighted by atomic mass is 28.1. The van der Waals surface area contributed by atoms with E-state index in [9.17, 15) is 0 Å². The number of benzene rings is 1. The summed E-state index contributed by atoms with van der Waals surface area (Å²) in [4.78, 5) is 0. The van der Waals surface area contributed by atoms with Crippen molar-refractivity contribution in [2.24, 2.45) is 0 Å². The van der Waals surface area contributed by atoms with Crippen molar-refractivity contribution in [3.05, 3.63) is 29.8 Å². The number of hydrogen-bond acceptors (Lipinski definition) is 4. The molecular formula is C11H15O4Si. The van der Waals surface area contributed by atoms with Gasteiger partial charge in [-0.3, -0.25) is 0 Å². The Bertz CT molecular complexity index is 308. The highest BCUT2D eigenvalue weighted by molar-refractivity contribution is 6.12. The molecule has 0 saturated carbocycles. The lowest BCUT2D eigenvalue weighted by Crippen LogP contribution is -2.37. The summed E-state index contributed by atoms with van der Waals surface area (Å²) in [5.74, 6) is 0.812. The molecule has 87 valence electrons. The van der Waals surface area contributed by atoms with E-state index >= 15 is 0 Å².